The molecule has 0 aromatic carbocycles. The molecule has 0 radical (unpaired) electrons. The van der Waals surface area contributed by atoms with Crippen LogP contribution in [0.5, 0.6) is 0 Å². The Morgan fingerprint density at radius 3 is 2.72 bits per heavy atom. The molecule has 158 valence electrons. The van der Waals surface area contributed by atoms with E-state index in [0.717, 1.165) is 6.42 Å². The number of thiophene rings is 1. The fourth-order valence-electron chi connectivity index (χ4n) is 3.03. The van der Waals surface area contributed by atoms with Gasteiger partial charge in [-0.3, -0.25) is 9.59 Å². The molecule has 0 unspecified atom stereocenters. The monoisotopic (exact) mass is 439 g/mol. The summed E-state index contributed by atoms with van der Waals surface area (Å²) in [5.41, 5.74) is 0.513. The first-order valence-corrected chi connectivity index (χ1v) is 11.7. The third-order valence-electron chi connectivity index (χ3n) is 4.30. The zero-order valence-electron chi connectivity index (χ0n) is 16.6. The Labute approximate surface area is 174 Å². The Morgan fingerprint density at radius 1 is 1.24 bits per heavy atom. The number of fused-ring (bicyclic) bond motifs is 1. The van der Waals surface area contributed by atoms with E-state index in [9.17, 15) is 18.0 Å². The van der Waals surface area contributed by atoms with Gasteiger partial charge in [0.25, 0.3) is 15.9 Å². The highest BCUT2D eigenvalue weighted by Crippen LogP contribution is 2.24. The van der Waals surface area contributed by atoms with E-state index < -0.39 is 21.5 Å². The van der Waals surface area contributed by atoms with Crippen molar-refractivity contribution in [1.29, 1.82) is 0 Å². The number of sulfonamides is 1. The average molecular weight is 440 g/mol. The lowest BCUT2D eigenvalue weighted by Gasteiger charge is -2.27. The average Bonchev–Trinajstić information content (AvgIpc) is 3.28. The number of hydrogen-bond donors (Lipinski definition) is 2. The molecule has 0 fully saturated rings. The Balaban J connectivity index is 1.50. The van der Waals surface area contributed by atoms with Crippen LogP contribution in [0.4, 0.5) is 0 Å². The first-order valence-electron chi connectivity index (χ1n) is 9.30. The van der Waals surface area contributed by atoms with E-state index in [4.69, 9.17) is 4.42 Å². The van der Waals surface area contributed by atoms with Crippen LogP contribution in [0.1, 0.15) is 48.2 Å². The van der Waals surface area contributed by atoms with Crippen molar-refractivity contribution in [3.63, 3.8) is 0 Å². The molecule has 0 atom stereocenters. The smallest absolute Gasteiger partial charge is 0.287 e. The van der Waals surface area contributed by atoms with Crippen LogP contribution >= 0.6 is 11.3 Å². The normalized spacial score (nSPS) is 14.5. The van der Waals surface area contributed by atoms with E-state index in [0.29, 0.717) is 13.1 Å². The second kappa shape index (κ2) is 8.29. The molecule has 29 heavy (non-hydrogen) atoms. The van der Waals surface area contributed by atoms with Gasteiger partial charge in [-0.25, -0.2) is 13.1 Å². The van der Waals surface area contributed by atoms with Crippen LogP contribution in [0.15, 0.2) is 33.1 Å². The molecule has 2 aromatic heterocycles. The van der Waals surface area contributed by atoms with Crippen molar-refractivity contribution in [1.82, 2.24) is 14.9 Å². The molecule has 1 aliphatic heterocycles. The Morgan fingerprint density at radius 2 is 2.00 bits per heavy atom. The molecule has 0 bridgehead atoms. The van der Waals surface area contributed by atoms with Gasteiger partial charge in [0.2, 0.25) is 11.0 Å². The van der Waals surface area contributed by atoms with Crippen LogP contribution < -0.4 is 10.0 Å². The minimum atomic E-state index is -3.86. The van der Waals surface area contributed by atoms with Crippen molar-refractivity contribution in [2.24, 2.45) is 0 Å². The van der Waals surface area contributed by atoms with Gasteiger partial charge in [-0.05, 0) is 56.3 Å². The van der Waals surface area contributed by atoms with Gasteiger partial charge in [-0.15, -0.1) is 11.3 Å². The van der Waals surface area contributed by atoms with Crippen LogP contribution in [-0.4, -0.2) is 43.8 Å². The van der Waals surface area contributed by atoms with Crippen LogP contribution in [0.25, 0.3) is 0 Å². The maximum atomic E-state index is 12.4. The van der Waals surface area contributed by atoms with Gasteiger partial charge >= 0.3 is 0 Å². The third kappa shape index (κ3) is 5.46. The number of carbonyl (C=O) groups is 2. The maximum Gasteiger partial charge on any atom is 0.287 e. The van der Waals surface area contributed by atoms with Crippen LogP contribution in [0, 0.1) is 0 Å². The highest BCUT2D eigenvalue weighted by Gasteiger charge is 2.26. The quantitative estimate of drug-likeness (QED) is 0.717. The Bertz CT molecular complexity index is 1000. The van der Waals surface area contributed by atoms with Gasteiger partial charge < -0.3 is 14.6 Å². The molecule has 10 heteroatoms. The van der Waals surface area contributed by atoms with E-state index in [1.165, 1.54) is 22.6 Å². The van der Waals surface area contributed by atoms with E-state index >= 15 is 0 Å². The van der Waals surface area contributed by atoms with Crippen LogP contribution in [0.2, 0.25) is 0 Å². The predicted octanol–water partition coefficient (Wildman–Crippen LogP) is 2.12. The fraction of sp³-hybridized carbons (Fsp3) is 0.474. The lowest BCUT2D eigenvalue weighted by Crippen LogP contribution is -2.40. The summed E-state index contributed by atoms with van der Waals surface area (Å²) in [5, 5.41) is 4.31. The lowest BCUT2D eigenvalue weighted by atomic mass is 10.1. The van der Waals surface area contributed by atoms with E-state index in [1.54, 1.807) is 37.0 Å². The zero-order valence-corrected chi connectivity index (χ0v) is 18.3. The summed E-state index contributed by atoms with van der Waals surface area (Å²) in [7, 11) is -3.86. The Kier molecular flexibility index (Phi) is 6.16. The molecule has 8 nitrogen and oxygen atoms in total. The topological polar surface area (TPSA) is 109 Å². The van der Waals surface area contributed by atoms with Crippen molar-refractivity contribution in [2.45, 2.75) is 50.8 Å². The predicted molar refractivity (Wildman–Crippen MR) is 109 cm³/mol. The minimum absolute atomic E-state index is 0.0285. The fourth-order valence-corrected chi connectivity index (χ4v) is 5.27. The molecule has 0 saturated carbocycles. The number of carbonyl (C=O) groups excluding carboxylic acids is 2. The first kappa shape index (κ1) is 21.5. The number of amides is 2. The van der Waals surface area contributed by atoms with E-state index in [-0.39, 0.29) is 29.7 Å². The SMILES string of the molecule is CC(C)(C)NS(=O)(=O)c1ccc(C(=O)NCCC(=O)N2CCc3sccc3C2)o1. The molecule has 0 aliphatic carbocycles. The molecular formula is C19H25N3O5S2. The summed E-state index contributed by atoms with van der Waals surface area (Å²) in [6.45, 7) is 6.55. The number of nitrogens with zero attached hydrogens (tertiary/aromatic N) is 1. The van der Waals surface area contributed by atoms with Crippen molar-refractivity contribution < 1.29 is 22.4 Å². The number of hydrogen-bond acceptors (Lipinski definition) is 6. The van der Waals surface area contributed by atoms with Gasteiger partial charge in [-0.1, -0.05) is 0 Å². The highest BCUT2D eigenvalue weighted by atomic mass is 32.2. The van der Waals surface area contributed by atoms with Gasteiger partial charge in [0.15, 0.2) is 5.76 Å². The molecule has 2 amide bonds. The van der Waals surface area contributed by atoms with Crippen molar-refractivity contribution >= 4 is 33.2 Å². The standard InChI is InChI=1S/C19H25N3O5S2/c1-19(2,3)21-29(25,26)17-5-4-14(27-17)18(24)20-9-6-16(23)22-10-7-15-13(12-22)8-11-28-15/h4-5,8,11,21H,6-7,9-10,12H2,1-3H3,(H,20,24). The van der Waals surface area contributed by atoms with E-state index in [1.807, 2.05) is 11.4 Å². The second-order valence-corrected chi connectivity index (χ2v) is 10.5. The van der Waals surface area contributed by atoms with Gasteiger partial charge in [-0.2, -0.15) is 0 Å². The van der Waals surface area contributed by atoms with Gasteiger partial charge in [0.05, 0.1) is 0 Å². The maximum absolute atomic E-state index is 12.4. The van der Waals surface area contributed by atoms with Crippen molar-refractivity contribution in [3.8, 4) is 0 Å². The molecule has 1 aliphatic rings. The second-order valence-electron chi connectivity index (χ2n) is 7.91. The molecule has 0 spiro atoms. The summed E-state index contributed by atoms with van der Waals surface area (Å²) in [4.78, 5) is 27.7. The molecule has 2 N–H and O–H groups in total. The summed E-state index contributed by atoms with van der Waals surface area (Å²) < 4.78 is 32.2. The van der Waals surface area contributed by atoms with E-state index in [2.05, 4.69) is 10.0 Å². The molecule has 0 saturated heterocycles. The van der Waals surface area contributed by atoms with Crippen LogP contribution in [0.3, 0.4) is 0 Å². The first-order chi connectivity index (χ1) is 13.5. The number of nitrogens with one attached hydrogen (secondary N) is 2. The zero-order chi connectivity index (χ0) is 21.2. The third-order valence-corrected chi connectivity index (χ3v) is 6.95. The summed E-state index contributed by atoms with van der Waals surface area (Å²) in [6, 6.07) is 4.58. The molecule has 3 heterocycles. The number of furan rings is 1. The van der Waals surface area contributed by atoms with Gasteiger partial charge in [0, 0.05) is 36.5 Å². The van der Waals surface area contributed by atoms with Crippen LogP contribution in [-0.2, 0) is 27.8 Å². The Hall–Kier alpha value is -2.17. The molecule has 3 rings (SSSR count). The van der Waals surface area contributed by atoms with Gasteiger partial charge in [0.1, 0.15) is 0 Å². The summed E-state index contributed by atoms with van der Waals surface area (Å²) >= 11 is 1.71. The summed E-state index contributed by atoms with van der Waals surface area (Å²) in [5.74, 6) is -0.708. The highest BCUT2D eigenvalue weighted by molar-refractivity contribution is 7.89. The van der Waals surface area contributed by atoms with Crippen molar-refractivity contribution in [3.05, 3.63) is 39.8 Å². The molecule has 2 aromatic rings. The summed E-state index contributed by atoms with van der Waals surface area (Å²) in [6.07, 6.45) is 1.03. The lowest BCUT2D eigenvalue weighted by molar-refractivity contribution is -0.131. The largest absolute Gasteiger partial charge is 0.438 e. The minimum Gasteiger partial charge on any atom is -0.438 e. The van der Waals surface area contributed by atoms with Crippen molar-refractivity contribution in [2.75, 3.05) is 13.1 Å². The number of rotatable bonds is 6. The molecular weight excluding hydrogens is 414 g/mol.